The van der Waals surface area contributed by atoms with Crippen LogP contribution >= 0.6 is 24.0 Å². The molecule has 128 valence electrons. The molecule has 2 saturated heterocycles. The molecular formula is C17H23Cl2FN2O. The Morgan fingerprint density at radius 3 is 2.48 bits per heavy atom. The summed E-state index contributed by atoms with van der Waals surface area (Å²) in [5, 5.41) is 3.73. The van der Waals surface area contributed by atoms with E-state index in [1.54, 1.807) is 12.1 Å². The lowest BCUT2D eigenvalue weighted by Gasteiger charge is -2.44. The molecule has 1 aromatic carbocycles. The average molecular weight is 361 g/mol. The summed E-state index contributed by atoms with van der Waals surface area (Å²) in [6.07, 6.45) is 4.58. The van der Waals surface area contributed by atoms with Gasteiger partial charge in [-0.1, -0.05) is 17.7 Å². The van der Waals surface area contributed by atoms with E-state index in [1.165, 1.54) is 18.9 Å². The molecule has 0 bridgehead atoms. The molecule has 3 rings (SSSR count). The Bertz CT molecular complexity index is 531. The van der Waals surface area contributed by atoms with Gasteiger partial charge in [0.05, 0.1) is 6.42 Å². The molecule has 2 fully saturated rings. The van der Waals surface area contributed by atoms with Crippen molar-refractivity contribution in [3.8, 4) is 0 Å². The Kier molecular flexibility index (Phi) is 6.29. The summed E-state index contributed by atoms with van der Waals surface area (Å²) in [6, 6.07) is 4.55. The van der Waals surface area contributed by atoms with Crippen LogP contribution in [0.4, 0.5) is 4.39 Å². The smallest absolute Gasteiger partial charge is 0.227 e. The van der Waals surface area contributed by atoms with Crippen LogP contribution in [-0.2, 0) is 11.2 Å². The second-order valence-electron chi connectivity index (χ2n) is 6.51. The molecular weight excluding hydrogens is 338 g/mol. The summed E-state index contributed by atoms with van der Waals surface area (Å²) >= 11 is 6.01. The van der Waals surface area contributed by atoms with Gasteiger partial charge in [0, 0.05) is 23.7 Å². The van der Waals surface area contributed by atoms with Gasteiger partial charge in [-0.3, -0.25) is 4.79 Å². The zero-order valence-corrected chi connectivity index (χ0v) is 14.7. The van der Waals surface area contributed by atoms with Crippen LogP contribution in [0.5, 0.6) is 0 Å². The lowest BCUT2D eigenvalue weighted by molar-refractivity contribution is -0.133. The molecule has 3 nitrogen and oxygen atoms in total. The first-order valence-electron chi connectivity index (χ1n) is 8.01. The second-order valence-corrected chi connectivity index (χ2v) is 6.91. The highest BCUT2D eigenvalue weighted by Crippen LogP contribution is 2.39. The van der Waals surface area contributed by atoms with E-state index < -0.39 is 5.82 Å². The highest BCUT2D eigenvalue weighted by molar-refractivity contribution is 6.31. The van der Waals surface area contributed by atoms with E-state index in [0.717, 1.165) is 39.0 Å². The van der Waals surface area contributed by atoms with Crippen LogP contribution in [0.25, 0.3) is 0 Å². The number of piperidine rings is 2. The first-order chi connectivity index (χ1) is 10.6. The zero-order chi connectivity index (χ0) is 15.6. The van der Waals surface area contributed by atoms with Crippen molar-refractivity contribution in [1.29, 1.82) is 0 Å². The van der Waals surface area contributed by atoms with Crippen molar-refractivity contribution in [2.45, 2.75) is 32.1 Å². The van der Waals surface area contributed by atoms with Gasteiger partial charge in [0.15, 0.2) is 0 Å². The van der Waals surface area contributed by atoms with E-state index >= 15 is 0 Å². The van der Waals surface area contributed by atoms with Gasteiger partial charge in [0.2, 0.25) is 5.91 Å². The molecule has 6 heteroatoms. The minimum atomic E-state index is -0.396. The van der Waals surface area contributed by atoms with Crippen molar-refractivity contribution < 1.29 is 9.18 Å². The van der Waals surface area contributed by atoms with Crippen molar-refractivity contribution in [2.75, 3.05) is 26.2 Å². The molecule has 0 unspecified atom stereocenters. The number of benzene rings is 1. The van der Waals surface area contributed by atoms with Crippen LogP contribution < -0.4 is 5.32 Å². The number of nitrogens with zero attached hydrogens (tertiary/aromatic N) is 1. The molecule has 0 radical (unpaired) electrons. The van der Waals surface area contributed by atoms with Crippen LogP contribution in [0, 0.1) is 11.2 Å². The maximum absolute atomic E-state index is 13.8. The third kappa shape index (κ3) is 4.17. The molecule has 2 heterocycles. The van der Waals surface area contributed by atoms with Gasteiger partial charge in [-0.15, -0.1) is 12.4 Å². The number of hydrogen-bond acceptors (Lipinski definition) is 2. The Labute approximate surface area is 148 Å². The van der Waals surface area contributed by atoms with E-state index in [1.807, 2.05) is 4.90 Å². The molecule has 0 aromatic heterocycles. The summed E-state index contributed by atoms with van der Waals surface area (Å²) in [5.74, 6) is -0.413. The molecule has 2 aliphatic rings. The van der Waals surface area contributed by atoms with E-state index in [2.05, 4.69) is 5.32 Å². The first-order valence-corrected chi connectivity index (χ1v) is 8.39. The summed E-state index contributed by atoms with van der Waals surface area (Å²) in [4.78, 5) is 14.3. The van der Waals surface area contributed by atoms with Gasteiger partial charge >= 0.3 is 0 Å². The summed E-state index contributed by atoms with van der Waals surface area (Å²) < 4.78 is 13.8. The van der Waals surface area contributed by atoms with Gasteiger partial charge in [0.25, 0.3) is 0 Å². The van der Waals surface area contributed by atoms with E-state index in [0.29, 0.717) is 16.0 Å². The van der Waals surface area contributed by atoms with Crippen LogP contribution in [0.3, 0.4) is 0 Å². The fraction of sp³-hybridized carbons (Fsp3) is 0.588. The predicted octanol–water partition coefficient (Wildman–Crippen LogP) is 3.44. The van der Waals surface area contributed by atoms with Crippen molar-refractivity contribution in [3.63, 3.8) is 0 Å². The molecule has 23 heavy (non-hydrogen) atoms. The Hall–Kier alpha value is -0.840. The Morgan fingerprint density at radius 2 is 1.87 bits per heavy atom. The minimum Gasteiger partial charge on any atom is -0.342 e. The fourth-order valence-electron chi connectivity index (χ4n) is 3.65. The molecule has 1 N–H and O–H groups in total. The number of halogens is 3. The number of carbonyl (C=O) groups is 1. The van der Waals surface area contributed by atoms with Gasteiger partial charge in [-0.25, -0.2) is 4.39 Å². The molecule has 1 spiro atoms. The first kappa shape index (κ1) is 18.5. The monoisotopic (exact) mass is 360 g/mol. The lowest BCUT2D eigenvalue weighted by Crippen LogP contribution is -2.47. The quantitative estimate of drug-likeness (QED) is 0.875. The molecule has 1 amide bonds. The highest BCUT2D eigenvalue weighted by Gasteiger charge is 2.36. The largest absolute Gasteiger partial charge is 0.342 e. The van der Waals surface area contributed by atoms with Crippen molar-refractivity contribution >= 4 is 29.9 Å². The number of carbonyl (C=O) groups excluding carboxylic acids is 1. The Balaban J connectivity index is 0.00000192. The van der Waals surface area contributed by atoms with Crippen molar-refractivity contribution in [2.24, 2.45) is 5.41 Å². The lowest BCUT2D eigenvalue weighted by atomic mass is 9.71. The number of hydrogen-bond donors (Lipinski definition) is 1. The average Bonchev–Trinajstić information content (AvgIpc) is 2.52. The zero-order valence-electron chi connectivity index (χ0n) is 13.1. The van der Waals surface area contributed by atoms with Gasteiger partial charge in [-0.2, -0.15) is 0 Å². The second kappa shape index (κ2) is 7.82. The highest BCUT2D eigenvalue weighted by atomic mass is 35.5. The van der Waals surface area contributed by atoms with Crippen LogP contribution in [-0.4, -0.2) is 37.0 Å². The Morgan fingerprint density at radius 1 is 1.22 bits per heavy atom. The van der Waals surface area contributed by atoms with E-state index in [4.69, 9.17) is 11.6 Å². The molecule has 0 saturated carbocycles. The number of likely N-dealkylation sites (tertiary alicyclic amines) is 1. The summed E-state index contributed by atoms with van der Waals surface area (Å²) in [6.45, 7) is 3.73. The molecule has 0 atom stereocenters. The maximum Gasteiger partial charge on any atom is 0.227 e. The molecule has 2 aliphatic heterocycles. The van der Waals surface area contributed by atoms with Crippen LogP contribution in [0.15, 0.2) is 18.2 Å². The fourth-order valence-corrected chi connectivity index (χ4v) is 3.88. The standard InChI is InChI=1S/C17H22ClFN2O.ClH/c18-14-2-1-3-15(19)13(14)12-16(22)21-10-6-17(7-11-21)4-8-20-9-5-17;/h1-3,20H,4-12H2;1H. The topological polar surface area (TPSA) is 32.3 Å². The SMILES string of the molecule is Cl.O=C(Cc1c(F)cccc1Cl)N1CCC2(CCNCC2)CC1. The third-order valence-corrected chi connectivity index (χ3v) is 5.58. The van der Waals surface area contributed by atoms with Crippen LogP contribution in [0.2, 0.25) is 5.02 Å². The minimum absolute atomic E-state index is 0. The van der Waals surface area contributed by atoms with Gasteiger partial charge in [-0.05, 0) is 56.3 Å². The third-order valence-electron chi connectivity index (χ3n) is 5.23. The summed E-state index contributed by atoms with van der Waals surface area (Å²) in [7, 11) is 0. The summed E-state index contributed by atoms with van der Waals surface area (Å²) in [5.41, 5.74) is 0.730. The molecule has 0 aliphatic carbocycles. The molecule has 1 aromatic rings. The predicted molar refractivity (Wildman–Crippen MR) is 92.7 cm³/mol. The van der Waals surface area contributed by atoms with Gasteiger partial charge < -0.3 is 10.2 Å². The van der Waals surface area contributed by atoms with Crippen LogP contribution in [0.1, 0.15) is 31.2 Å². The number of rotatable bonds is 2. The van der Waals surface area contributed by atoms with Gasteiger partial charge in [0.1, 0.15) is 5.82 Å². The number of amides is 1. The number of nitrogens with one attached hydrogen (secondary N) is 1. The van der Waals surface area contributed by atoms with Crippen molar-refractivity contribution in [1.82, 2.24) is 10.2 Å². The normalized spacial score (nSPS) is 20.2. The van der Waals surface area contributed by atoms with E-state index in [-0.39, 0.29) is 24.7 Å². The van der Waals surface area contributed by atoms with E-state index in [9.17, 15) is 9.18 Å². The maximum atomic E-state index is 13.8. The van der Waals surface area contributed by atoms with Crippen molar-refractivity contribution in [3.05, 3.63) is 34.6 Å².